The smallest absolute Gasteiger partial charge is 0.355 e. The summed E-state index contributed by atoms with van der Waals surface area (Å²) in [5.41, 5.74) is 1.83. The number of anilines is 1. The Morgan fingerprint density at radius 1 is 1.20 bits per heavy atom. The Labute approximate surface area is 143 Å². The highest BCUT2D eigenvalue weighted by Gasteiger charge is 2.14. The first kappa shape index (κ1) is 16.4. The molecule has 1 aromatic carbocycles. The van der Waals surface area contributed by atoms with E-state index in [0.29, 0.717) is 11.3 Å². The Balaban J connectivity index is 1.62. The minimum atomic E-state index is -0.706. The molecule has 2 heterocycles. The summed E-state index contributed by atoms with van der Waals surface area (Å²) in [5, 5.41) is 3.49. The minimum Gasteiger partial charge on any atom is -0.451 e. The Morgan fingerprint density at radius 2 is 2.04 bits per heavy atom. The summed E-state index contributed by atoms with van der Waals surface area (Å²) in [6.45, 7) is 0.953. The molecule has 1 amide bonds. The highest BCUT2D eigenvalue weighted by molar-refractivity contribution is 6.02. The van der Waals surface area contributed by atoms with E-state index in [1.54, 1.807) is 24.4 Å². The average Bonchev–Trinajstić information content (AvgIpc) is 3.10. The summed E-state index contributed by atoms with van der Waals surface area (Å²) in [6, 6.07) is 10.4. The molecule has 0 aliphatic rings. The van der Waals surface area contributed by atoms with E-state index >= 15 is 0 Å². The monoisotopic (exact) mass is 337 g/mol. The van der Waals surface area contributed by atoms with Crippen LogP contribution in [0.3, 0.4) is 0 Å². The molecular weight excluding hydrogens is 322 g/mol. The number of ether oxygens (including phenoxy) is 1. The second-order valence-corrected chi connectivity index (χ2v) is 5.36. The molecule has 3 aromatic rings. The standard InChI is InChI=1S/C18H15N3O4/c1-11(22)12-8-16(20-9-12)18(24)25-10-17(23)21-15-6-2-5-14-13(15)4-3-7-19-14/h2-9,20H,10H2,1H3,(H,21,23). The number of carbonyl (C=O) groups is 3. The van der Waals surface area contributed by atoms with Gasteiger partial charge in [0.1, 0.15) is 5.69 Å². The zero-order valence-corrected chi connectivity index (χ0v) is 13.4. The van der Waals surface area contributed by atoms with Crippen LogP contribution in [-0.2, 0) is 9.53 Å². The third-order valence-electron chi connectivity index (χ3n) is 3.56. The van der Waals surface area contributed by atoms with Gasteiger partial charge in [-0.05, 0) is 37.3 Å². The molecule has 0 aliphatic carbocycles. The molecule has 7 nitrogen and oxygen atoms in total. The number of Topliss-reactive ketones (excluding diaryl/α,β-unsaturated/α-hetero) is 1. The zero-order valence-electron chi connectivity index (χ0n) is 13.4. The van der Waals surface area contributed by atoms with Gasteiger partial charge in [-0.25, -0.2) is 4.79 Å². The van der Waals surface area contributed by atoms with E-state index in [2.05, 4.69) is 15.3 Å². The van der Waals surface area contributed by atoms with Crippen LogP contribution in [0.15, 0.2) is 48.8 Å². The number of pyridine rings is 1. The van der Waals surface area contributed by atoms with Crippen molar-refractivity contribution in [2.45, 2.75) is 6.92 Å². The van der Waals surface area contributed by atoms with E-state index in [-0.39, 0.29) is 11.5 Å². The number of ketones is 1. The van der Waals surface area contributed by atoms with Gasteiger partial charge in [-0.1, -0.05) is 6.07 Å². The molecule has 0 saturated heterocycles. The third-order valence-corrected chi connectivity index (χ3v) is 3.56. The molecule has 0 bridgehead atoms. The minimum absolute atomic E-state index is 0.118. The van der Waals surface area contributed by atoms with Crippen LogP contribution in [0, 0.1) is 0 Å². The van der Waals surface area contributed by atoms with Crippen molar-refractivity contribution in [3.63, 3.8) is 0 Å². The number of hydrogen-bond acceptors (Lipinski definition) is 5. The topological polar surface area (TPSA) is 101 Å². The number of hydrogen-bond donors (Lipinski definition) is 2. The Kier molecular flexibility index (Phi) is 4.56. The lowest BCUT2D eigenvalue weighted by atomic mass is 10.2. The molecule has 3 rings (SSSR count). The van der Waals surface area contributed by atoms with Crippen LogP contribution in [0.25, 0.3) is 10.9 Å². The lowest BCUT2D eigenvalue weighted by Crippen LogP contribution is -2.21. The molecule has 0 aliphatic heterocycles. The summed E-state index contributed by atoms with van der Waals surface area (Å²) < 4.78 is 4.96. The van der Waals surface area contributed by atoms with Gasteiger partial charge >= 0.3 is 5.97 Å². The normalized spacial score (nSPS) is 10.4. The number of carbonyl (C=O) groups excluding carboxylic acids is 3. The van der Waals surface area contributed by atoms with Gasteiger partial charge in [0.05, 0.1) is 11.2 Å². The Bertz CT molecular complexity index is 956. The molecule has 2 N–H and O–H groups in total. The van der Waals surface area contributed by atoms with Crippen molar-refractivity contribution in [1.29, 1.82) is 0 Å². The van der Waals surface area contributed by atoms with E-state index in [4.69, 9.17) is 4.74 Å². The number of fused-ring (bicyclic) bond motifs is 1. The molecule has 7 heteroatoms. The quantitative estimate of drug-likeness (QED) is 0.550. The van der Waals surface area contributed by atoms with Crippen LogP contribution < -0.4 is 5.32 Å². The summed E-state index contributed by atoms with van der Waals surface area (Å²) in [4.78, 5) is 42.0. The van der Waals surface area contributed by atoms with Crippen LogP contribution in [0.1, 0.15) is 27.8 Å². The maximum atomic E-state index is 12.0. The van der Waals surface area contributed by atoms with Crippen molar-refractivity contribution in [3.05, 3.63) is 60.0 Å². The fourth-order valence-corrected chi connectivity index (χ4v) is 2.32. The van der Waals surface area contributed by atoms with Crippen molar-refractivity contribution >= 4 is 34.3 Å². The van der Waals surface area contributed by atoms with Crippen LogP contribution in [0.4, 0.5) is 5.69 Å². The van der Waals surface area contributed by atoms with Gasteiger partial charge < -0.3 is 15.0 Å². The van der Waals surface area contributed by atoms with Gasteiger partial charge in [0.15, 0.2) is 12.4 Å². The number of H-pyrrole nitrogens is 1. The maximum Gasteiger partial charge on any atom is 0.355 e. The molecule has 2 aromatic heterocycles. The number of aromatic nitrogens is 2. The third kappa shape index (κ3) is 3.72. The molecule has 25 heavy (non-hydrogen) atoms. The fourth-order valence-electron chi connectivity index (χ4n) is 2.32. The number of rotatable bonds is 5. The number of benzene rings is 1. The predicted molar refractivity (Wildman–Crippen MR) is 91.5 cm³/mol. The van der Waals surface area contributed by atoms with Crippen LogP contribution >= 0.6 is 0 Å². The Hall–Kier alpha value is -3.48. The first-order valence-electron chi connectivity index (χ1n) is 7.54. The Morgan fingerprint density at radius 3 is 2.80 bits per heavy atom. The maximum absolute atomic E-state index is 12.0. The van der Waals surface area contributed by atoms with Gasteiger partial charge in [0.25, 0.3) is 5.91 Å². The predicted octanol–water partition coefficient (Wildman–Crippen LogP) is 2.56. The largest absolute Gasteiger partial charge is 0.451 e. The lowest BCUT2D eigenvalue weighted by Gasteiger charge is -2.08. The number of esters is 1. The van der Waals surface area contributed by atoms with Crippen LogP contribution in [0.5, 0.6) is 0 Å². The van der Waals surface area contributed by atoms with Crippen LogP contribution in [0.2, 0.25) is 0 Å². The van der Waals surface area contributed by atoms with Gasteiger partial charge in [-0.3, -0.25) is 14.6 Å². The zero-order chi connectivity index (χ0) is 17.8. The first-order valence-corrected chi connectivity index (χ1v) is 7.54. The SMILES string of the molecule is CC(=O)c1c[nH]c(C(=O)OCC(=O)Nc2cccc3ncccc23)c1. The van der Waals surface area contributed by atoms with Gasteiger partial charge in [-0.2, -0.15) is 0 Å². The fraction of sp³-hybridized carbons (Fsp3) is 0.111. The van der Waals surface area contributed by atoms with Gasteiger partial charge in [0.2, 0.25) is 0 Å². The van der Waals surface area contributed by atoms with E-state index < -0.39 is 18.5 Å². The first-order chi connectivity index (χ1) is 12.0. The molecule has 0 atom stereocenters. The number of amides is 1. The van der Waals surface area contributed by atoms with Crippen molar-refractivity contribution < 1.29 is 19.1 Å². The van der Waals surface area contributed by atoms with E-state index in [1.807, 2.05) is 12.1 Å². The number of nitrogens with one attached hydrogen (secondary N) is 2. The number of aromatic amines is 1. The van der Waals surface area contributed by atoms with E-state index in [9.17, 15) is 14.4 Å². The van der Waals surface area contributed by atoms with Gasteiger partial charge in [0, 0.05) is 23.3 Å². The highest BCUT2D eigenvalue weighted by atomic mass is 16.5. The van der Waals surface area contributed by atoms with Crippen LogP contribution in [-0.4, -0.2) is 34.2 Å². The summed E-state index contributed by atoms with van der Waals surface area (Å²) >= 11 is 0. The van der Waals surface area contributed by atoms with E-state index in [1.165, 1.54) is 19.2 Å². The van der Waals surface area contributed by atoms with Crippen molar-refractivity contribution in [1.82, 2.24) is 9.97 Å². The lowest BCUT2D eigenvalue weighted by molar-refractivity contribution is -0.119. The van der Waals surface area contributed by atoms with Crippen molar-refractivity contribution in [2.75, 3.05) is 11.9 Å². The van der Waals surface area contributed by atoms with Gasteiger partial charge in [-0.15, -0.1) is 0 Å². The second-order valence-electron chi connectivity index (χ2n) is 5.36. The second kappa shape index (κ2) is 6.96. The summed E-state index contributed by atoms with van der Waals surface area (Å²) in [7, 11) is 0. The molecule has 126 valence electrons. The number of nitrogens with zero attached hydrogens (tertiary/aromatic N) is 1. The molecule has 0 spiro atoms. The molecular formula is C18H15N3O4. The average molecular weight is 337 g/mol. The van der Waals surface area contributed by atoms with E-state index in [0.717, 1.165) is 10.9 Å². The molecule has 0 radical (unpaired) electrons. The molecule has 0 unspecified atom stereocenters. The highest BCUT2D eigenvalue weighted by Crippen LogP contribution is 2.21. The molecule has 0 saturated carbocycles. The summed E-state index contributed by atoms with van der Waals surface area (Å²) in [6.07, 6.45) is 3.09. The summed E-state index contributed by atoms with van der Waals surface area (Å²) in [5.74, 6) is -1.34. The van der Waals surface area contributed by atoms with Crippen molar-refractivity contribution in [3.8, 4) is 0 Å². The molecule has 0 fully saturated rings. The van der Waals surface area contributed by atoms with Crippen molar-refractivity contribution in [2.24, 2.45) is 0 Å².